The second-order valence-corrected chi connectivity index (χ2v) is 6.62. The highest BCUT2D eigenvalue weighted by atomic mass is 16.7. The quantitative estimate of drug-likeness (QED) is 0.867. The first kappa shape index (κ1) is 16.2. The fraction of sp³-hybridized carbons (Fsp3) is 0.526. The molecule has 4 heteroatoms. The Kier molecular flexibility index (Phi) is 4.30. The van der Waals surface area contributed by atoms with E-state index in [1.807, 2.05) is 17.1 Å². The SMILES string of the molecule is Cc1c(C)c(C)c(CC2(Cn3ccnc3)OCCO2)c(C)c1C. The number of hydrogen-bond donors (Lipinski definition) is 0. The van der Waals surface area contributed by atoms with Crippen LogP contribution in [0, 0.1) is 34.6 Å². The van der Waals surface area contributed by atoms with Gasteiger partial charge in [0.2, 0.25) is 0 Å². The standard InChI is InChI=1S/C19H26N2O2/c1-13-14(2)16(4)18(17(5)15(13)3)10-19(22-8-9-23-19)11-21-7-6-20-12-21/h6-7,12H,8-11H2,1-5H3. The highest BCUT2D eigenvalue weighted by molar-refractivity contribution is 5.49. The minimum absolute atomic E-state index is 0.593. The van der Waals surface area contributed by atoms with Crippen molar-refractivity contribution in [2.24, 2.45) is 0 Å². The molecule has 124 valence electrons. The van der Waals surface area contributed by atoms with Crippen molar-refractivity contribution < 1.29 is 9.47 Å². The number of rotatable bonds is 4. The maximum absolute atomic E-state index is 6.07. The Bertz CT molecular complexity index is 670. The first-order valence-electron chi connectivity index (χ1n) is 8.23. The number of nitrogens with zero attached hydrogens (tertiary/aromatic N) is 2. The van der Waals surface area contributed by atoms with Gasteiger partial charge in [0.1, 0.15) is 0 Å². The van der Waals surface area contributed by atoms with Crippen molar-refractivity contribution in [2.45, 2.75) is 53.4 Å². The molecular weight excluding hydrogens is 288 g/mol. The van der Waals surface area contributed by atoms with Gasteiger partial charge in [0.25, 0.3) is 0 Å². The molecule has 0 radical (unpaired) electrons. The molecule has 0 bridgehead atoms. The fourth-order valence-electron chi connectivity index (χ4n) is 3.52. The average molecular weight is 314 g/mol. The largest absolute Gasteiger partial charge is 0.345 e. The van der Waals surface area contributed by atoms with E-state index in [2.05, 4.69) is 39.6 Å². The Morgan fingerprint density at radius 1 is 0.957 bits per heavy atom. The van der Waals surface area contributed by atoms with Gasteiger partial charge in [0.05, 0.1) is 26.1 Å². The van der Waals surface area contributed by atoms with Crippen molar-refractivity contribution in [3.8, 4) is 0 Å². The van der Waals surface area contributed by atoms with Crippen molar-refractivity contribution in [1.29, 1.82) is 0 Å². The molecule has 0 saturated carbocycles. The zero-order valence-electron chi connectivity index (χ0n) is 14.8. The van der Waals surface area contributed by atoms with Crippen molar-refractivity contribution in [3.63, 3.8) is 0 Å². The van der Waals surface area contributed by atoms with Gasteiger partial charge in [-0.15, -0.1) is 0 Å². The van der Waals surface area contributed by atoms with Crippen molar-refractivity contribution in [2.75, 3.05) is 13.2 Å². The van der Waals surface area contributed by atoms with Gasteiger partial charge in [-0.2, -0.15) is 0 Å². The molecule has 2 heterocycles. The van der Waals surface area contributed by atoms with Gasteiger partial charge >= 0.3 is 0 Å². The summed E-state index contributed by atoms with van der Waals surface area (Å²) in [5, 5.41) is 0. The molecule has 1 aliphatic heterocycles. The van der Waals surface area contributed by atoms with E-state index in [9.17, 15) is 0 Å². The van der Waals surface area contributed by atoms with Crippen LogP contribution in [-0.2, 0) is 22.4 Å². The van der Waals surface area contributed by atoms with Gasteiger partial charge < -0.3 is 14.0 Å². The van der Waals surface area contributed by atoms with E-state index in [4.69, 9.17) is 9.47 Å². The lowest BCUT2D eigenvalue weighted by Gasteiger charge is -2.30. The Hall–Kier alpha value is -1.65. The van der Waals surface area contributed by atoms with E-state index >= 15 is 0 Å². The number of hydrogen-bond acceptors (Lipinski definition) is 3. The average Bonchev–Trinajstić information content (AvgIpc) is 3.21. The molecule has 0 unspecified atom stereocenters. The lowest BCUT2D eigenvalue weighted by molar-refractivity contribution is -0.166. The van der Waals surface area contributed by atoms with Crippen molar-refractivity contribution in [1.82, 2.24) is 9.55 Å². The molecule has 0 spiro atoms. The van der Waals surface area contributed by atoms with E-state index < -0.39 is 5.79 Å². The first-order valence-corrected chi connectivity index (χ1v) is 8.23. The summed E-state index contributed by atoms with van der Waals surface area (Å²) < 4.78 is 14.2. The highest BCUT2D eigenvalue weighted by Crippen LogP contribution is 2.33. The molecule has 0 atom stereocenters. The normalized spacial score (nSPS) is 16.9. The zero-order chi connectivity index (χ0) is 16.6. The molecular formula is C19H26N2O2. The fourth-order valence-corrected chi connectivity index (χ4v) is 3.52. The van der Waals surface area contributed by atoms with Crippen LogP contribution in [0.5, 0.6) is 0 Å². The van der Waals surface area contributed by atoms with Crippen LogP contribution < -0.4 is 0 Å². The van der Waals surface area contributed by atoms with Crippen LogP contribution >= 0.6 is 0 Å². The third kappa shape index (κ3) is 2.93. The Balaban J connectivity index is 1.98. The second kappa shape index (κ2) is 6.10. The number of benzene rings is 1. The van der Waals surface area contributed by atoms with Gasteiger partial charge in [0.15, 0.2) is 5.79 Å². The third-order valence-electron chi connectivity index (χ3n) is 5.40. The van der Waals surface area contributed by atoms with Crippen molar-refractivity contribution in [3.05, 3.63) is 52.1 Å². The highest BCUT2D eigenvalue weighted by Gasteiger charge is 2.38. The van der Waals surface area contributed by atoms with E-state index in [0.29, 0.717) is 19.8 Å². The van der Waals surface area contributed by atoms with Gasteiger partial charge in [-0.3, -0.25) is 0 Å². The Morgan fingerprint density at radius 2 is 1.52 bits per heavy atom. The molecule has 1 aromatic heterocycles. The maximum atomic E-state index is 6.07. The summed E-state index contributed by atoms with van der Waals surface area (Å²) in [7, 11) is 0. The topological polar surface area (TPSA) is 36.3 Å². The molecule has 23 heavy (non-hydrogen) atoms. The van der Waals surface area contributed by atoms with Crippen LogP contribution in [0.2, 0.25) is 0 Å². The molecule has 0 amide bonds. The summed E-state index contributed by atoms with van der Waals surface area (Å²) in [4.78, 5) is 4.13. The number of ether oxygens (including phenoxy) is 2. The van der Waals surface area contributed by atoms with Crippen LogP contribution in [0.3, 0.4) is 0 Å². The first-order chi connectivity index (χ1) is 10.9. The van der Waals surface area contributed by atoms with E-state index in [-0.39, 0.29) is 0 Å². The van der Waals surface area contributed by atoms with E-state index in [1.54, 1.807) is 6.20 Å². The molecule has 3 rings (SSSR count). The monoisotopic (exact) mass is 314 g/mol. The predicted molar refractivity (Wildman–Crippen MR) is 90.7 cm³/mol. The van der Waals surface area contributed by atoms with Crippen molar-refractivity contribution >= 4 is 0 Å². The van der Waals surface area contributed by atoms with Crippen LogP contribution in [0.25, 0.3) is 0 Å². The van der Waals surface area contributed by atoms with Crippen LogP contribution in [0.1, 0.15) is 33.4 Å². The van der Waals surface area contributed by atoms with Crippen LogP contribution in [0.4, 0.5) is 0 Å². The summed E-state index contributed by atoms with van der Waals surface area (Å²) in [5.74, 6) is -0.593. The zero-order valence-corrected chi connectivity index (χ0v) is 14.8. The summed E-state index contributed by atoms with van der Waals surface area (Å²) in [6, 6.07) is 0. The Morgan fingerprint density at radius 3 is 2.04 bits per heavy atom. The van der Waals surface area contributed by atoms with Crippen LogP contribution in [0.15, 0.2) is 18.7 Å². The maximum Gasteiger partial charge on any atom is 0.190 e. The summed E-state index contributed by atoms with van der Waals surface area (Å²) >= 11 is 0. The predicted octanol–water partition coefficient (Wildman–Crippen LogP) is 3.41. The molecule has 1 aromatic carbocycles. The molecule has 0 aliphatic carbocycles. The second-order valence-electron chi connectivity index (χ2n) is 6.62. The molecule has 4 nitrogen and oxygen atoms in total. The van der Waals surface area contributed by atoms with E-state index in [0.717, 1.165) is 6.42 Å². The minimum Gasteiger partial charge on any atom is -0.345 e. The summed E-state index contributed by atoms with van der Waals surface area (Å²) in [6.45, 7) is 13.0. The summed E-state index contributed by atoms with van der Waals surface area (Å²) in [5.41, 5.74) is 8.20. The lowest BCUT2D eigenvalue weighted by Crippen LogP contribution is -2.38. The molecule has 0 N–H and O–H groups in total. The minimum atomic E-state index is -0.593. The molecule has 2 aromatic rings. The van der Waals surface area contributed by atoms with Gasteiger partial charge in [-0.1, -0.05) is 0 Å². The van der Waals surface area contributed by atoms with Gasteiger partial charge in [-0.05, 0) is 68.0 Å². The lowest BCUT2D eigenvalue weighted by atomic mass is 9.86. The Labute approximate surface area is 138 Å². The number of aromatic nitrogens is 2. The summed E-state index contributed by atoms with van der Waals surface area (Å²) in [6.07, 6.45) is 6.33. The number of imidazole rings is 1. The molecule has 1 fully saturated rings. The van der Waals surface area contributed by atoms with Gasteiger partial charge in [0, 0.05) is 18.8 Å². The van der Waals surface area contributed by atoms with E-state index in [1.165, 1.54) is 33.4 Å². The van der Waals surface area contributed by atoms with Gasteiger partial charge in [-0.25, -0.2) is 4.98 Å². The molecule has 1 aliphatic rings. The molecule has 1 saturated heterocycles. The van der Waals surface area contributed by atoms with Crippen LogP contribution in [-0.4, -0.2) is 28.6 Å². The smallest absolute Gasteiger partial charge is 0.190 e. The third-order valence-corrected chi connectivity index (χ3v) is 5.40.